The summed E-state index contributed by atoms with van der Waals surface area (Å²) in [5.41, 5.74) is 5.21. The van der Waals surface area contributed by atoms with Crippen LogP contribution in [0, 0.1) is 5.92 Å². The van der Waals surface area contributed by atoms with Crippen molar-refractivity contribution in [2.75, 3.05) is 13.1 Å². The number of piperidine rings is 1. The minimum Gasteiger partial charge on any atom is -0.369 e. The van der Waals surface area contributed by atoms with E-state index in [9.17, 15) is 4.79 Å². The lowest BCUT2D eigenvalue weighted by Gasteiger charge is -2.28. The predicted octanol–water partition coefficient (Wildman–Crippen LogP) is 0.445. The molecule has 2 N–H and O–H groups in total. The van der Waals surface area contributed by atoms with Gasteiger partial charge in [-0.05, 0) is 12.8 Å². The van der Waals surface area contributed by atoms with Crippen LogP contribution in [0.5, 0.6) is 0 Å². The highest BCUT2D eigenvalue weighted by Gasteiger charge is 2.21. The van der Waals surface area contributed by atoms with Gasteiger partial charge in [-0.1, -0.05) is 19.9 Å². The molecule has 0 aromatic rings. The maximum absolute atomic E-state index is 10.8. The Labute approximate surface area is 73.6 Å². The fraction of sp³-hybridized carbons (Fsp3) is 0.625. The van der Waals surface area contributed by atoms with Crippen molar-refractivity contribution in [3.8, 4) is 0 Å². The van der Waals surface area contributed by atoms with Crippen LogP contribution in [0.4, 0.5) is 0 Å². The lowest BCUT2D eigenvalue weighted by Crippen LogP contribution is -2.34. The Morgan fingerprint density at radius 3 is 2.25 bits per heavy atom. The largest absolute Gasteiger partial charge is 0.369 e. The average Bonchev–Trinajstić information content (AvgIpc) is 2.04. The fourth-order valence-electron chi connectivity index (χ4n) is 1.43. The van der Waals surface area contributed by atoms with Crippen molar-refractivity contribution in [2.24, 2.45) is 11.7 Å². The molecule has 1 saturated heterocycles. The van der Waals surface area contributed by atoms with Crippen molar-refractivity contribution in [2.45, 2.75) is 12.8 Å². The van der Waals surface area contributed by atoms with Gasteiger partial charge in [-0.2, -0.15) is 0 Å². The van der Waals surface area contributed by atoms with Gasteiger partial charge in [-0.3, -0.25) is 9.46 Å². The summed E-state index contributed by atoms with van der Waals surface area (Å²) in [7, 11) is -0.476. The van der Waals surface area contributed by atoms with Gasteiger partial charge < -0.3 is 5.73 Å². The van der Waals surface area contributed by atoms with Gasteiger partial charge in [0.2, 0.25) is 5.91 Å². The number of primary amides is 1. The third-order valence-corrected chi connectivity index (χ3v) is 3.47. The molecular formula is C8H15N2OP. The van der Waals surface area contributed by atoms with E-state index in [4.69, 9.17) is 5.73 Å². The molecular weight excluding hydrogens is 171 g/mol. The van der Waals surface area contributed by atoms with E-state index >= 15 is 0 Å². The molecule has 0 aromatic carbocycles. The van der Waals surface area contributed by atoms with E-state index in [0.29, 0.717) is 0 Å². The Morgan fingerprint density at radius 2 is 1.92 bits per heavy atom. The number of carbonyl (C=O) groups excluding carboxylic acids is 1. The number of rotatable bonds is 2. The highest BCUT2D eigenvalue weighted by Crippen LogP contribution is 2.23. The molecule has 0 aliphatic carbocycles. The van der Waals surface area contributed by atoms with E-state index in [-0.39, 0.29) is 11.8 Å². The Kier molecular flexibility index (Phi) is 3.12. The molecule has 1 aliphatic heterocycles. The maximum Gasteiger partial charge on any atom is 0.220 e. The predicted molar refractivity (Wildman–Crippen MR) is 54.7 cm³/mol. The molecule has 4 heteroatoms. The minimum absolute atomic E-state index is 0.0798. The smallest absolute Gasteiger partial charge is 0.220 e. The summed E-state index contributed by atoms with van der Waals surface area (Å²) >= 11 is 0. The summed E-state index contributed by atoms with van der Waals surface area (Å²) in [6.45, 7) is 1.85. The van der Waals surface area contributed by atoms with Gasteiger partial charge in [-0.25, -0.2) is 0 Å². The minimum atomic E-state index is -0.476. The van der Waals surface area contributed by atoms with Crippen molar-refractivity contribution in [3.05, 3.63) is 0 Å². The molecule has 12 heavy (non-hydrogen) atoms. The lowest BCUT2D eigenvalue weighted by molar-refractivity contribution is -0.122. The van der Waals surface area contributed by atoms with Gasteiger partial charge in [0.1, 0.15) is 0 Å². The van der Waals surface area contributed by atoms with Crippen molar-refractivity contribution in [1.82, 2.24) is 4.67 Å². The molecule has 1 aliphatic rings. The molecule has 0 atom stereocenters. The molecule has 0 bridgehead atoms. The third kappa shape index (κ3) is 2.23. The number of hydrogen-bond acceptors (Lipinski definition) is 2. The quantitative estimate of drug-likeness (QED) is 0.636. The van der Waals surface area contributed by atoms with Crippen LogP contribution in [-0.4, -0.2) is 36.3 Å². The molecule has 1 rings (SSSR count). The van der Waals surface area contributed by atoms with Crippen LogP contribution >= 0.6 is 7.32 Å². The highest BCUT2D eigenvalue weighted by atomic mass is 31.1. The van der Waals surface area contributed by atoms with Crippen LogP contribution in [0.15, 0.2) is 0 Å². The van der Waals surface area contributed by atoms with Gasteiger partial charge >= 0.3 is 0 Å². The van der Waals surface area contributed by atoms with Gasteiger partial charge in [0, 0.05) is 19.0 Å². The van der Waals surface area contributed by atoms with E-state index in [2.05, 4.69) is 17.3 Å². The second kappa shape index (κ2) is 3.92. The second-order valence-corrected chi connectivity index (χ2v) is 4.72. The molecule has 3 nitrogen and oxygen atoms in total. The standard InChI is InChI=1S/C8H15N2OP/c1-12(2)10-5-3-7(4-6-10)8(9)11/h7H,1-6H2,(H2,9,11). The number of carbonyl (C=O) groups is 1. The Bertz CT molecular complexity index is 231. The summed E-state index contributed by atoms with van der Waals surface area (Å²) in [5, 5.41) is 0. The van der Waals surface area contributed by atoms with Crippen LogP contribution in [0.25, 0.3) is 0 Å². The van der Waals surface area contributed by atoms with E-state index in [1.54, 1.807) is 0 Å². The molecule has 0 aromatic heterocycles. The molecule has 1 amide bonds. The van der Waals surface area contributed by atoms with Crippen LogP contribution in [-0.2, 0) is 4.79 Å². The monoisotopic (exact) mass is 186 g/mol. The van der Waals surface area contributed by atoms with Gasteiger partial charge in [0.25, 0.3) is 0 Å². The van der Waals surface area contributed by atoms with Gasteiger partial charge in [-0.15, -0.1) is 0 Å². The first kappa shape index (κ1) is 9.56. The normalized spacial score (nSPS) is 20.7. The first-order valence-corrected chi connectivity index (χ1v) is 5.73. The maximum atomic E-state index is 10.8. The van der Waals surface area contributed by atoms with Crippen molar-refractivity contribution in [1.29, 1.82) is 0 Å². The molecule has 0 saturated carbocycles. The average molecular weight is 186 g/mol. The Morgan fingerprint density at radius 1 is 1.42 bits per heavy atom. The van der Waals surface area contributed by atoms with Crippen molar-refractivity contribution in [3.63, 3.8) is 0 Å². The highest BCUT2D eigenvalue weighted by molar-refractivity contribution is 7.51. The number of nitrogens with zero attached hydrogens (tertiary/aromatic N) is 1. The molecule has 68 valence electrons. The second-order valence-electron chi connectivity index (χ2n) is 3.14. The van der Waals surface area contributed by atoms with Gasteiger partial charge in [0.15, 0.2) is 0 Å². The van der Waals surface area contributed by atoms with Gasteiger partial charge in [0.05, 0.1) is 0 Å². The van der Waals surface area contributed by atoms with E-state index in [0.717, 1.165) is 25.9 Å². The van der Waals surface area contributed by atoms with Crippen LogP contribution in [0.3, 0.4) is 0 Å². The van der Waals surface area contributed by atoms with Crippen molar-refractivity contribution >= 4 is 25.8 Å². The molecule has 1 fully saturated rings. The summed E-state index contributed by atoms with van der Waals surface area (Å²) in [6, 6.07) is 0. The Hall–Kier alpha value is -0.530. The molecule has 1 heterocycles. The van der Waals surface area contributed by atoms with E-state index in [1.165, 1.54) is 0 Å². The number of nitrogens with two attached hydrogens (primary N) is 1. The number of hydrogen-bond donors (Lipinski definition) is 1. The summed E-state index contributed by atoms with van der Waals surface area (Å²) in [5.74, 6) is -0.0803. The first-order chi connectivity index (χ1) is 5.61. The van der Waals surface area contributed by atoms with Crippen LogP contribution in [0.2, 0.25) is 0 Å². The van der Waals surface area contributed by atoms with Crippen LogP contribution in [0.1, 0.15) is 12.8 Å². The fourth-order valence-corrected chi connectivity index (χ4v) is 2.23. The van der Waals surface area contributed by atoms with E-state index in [1.807, 2.05) is 0 Å². The van der Waals surface area contributed by atoms with Crippen LogP contribution < -0.4 is 5.73 Å². The van der Waals surface area contributed by atoms with E-state index < -0.39 is 7.32 Å². The van der Waals surface area contributed by atoms with Crippen molar-refractivity contribution < 1.29 is 4.79 Å². The zero-order chi connectivity index (χ0) is 9.14. The molecule has 0 radical (unpaired) electrons. The Balaban J connectivity index is 2.44. The third-order valence-electron chi connectivity index (χ3n) is 2.27. The molecule has 0 unspecified atom stereocenters. The summed E-state index contributed by atoms with van der Waals surface area (Å²) in [6.07, 6.45) is 9.54. The zero-order valence-electron chi connectivity index (χ0n) is 7.20. The topological polar surface area (TPSA) is 46.3 Å². The lowest BCUT2D eigenvalue weighted by atomic mass is 9.98. The molecule has 0 spiro atoms. The SMILES string of the molecule is C=P(=C)N1CCC(C(N)=O)CC1. The first-order valence-electron chi connectivity index (χ1n) is 4.06. The summed E-state index contributed by atoms with van der Waals surface area (Å²) in [4.78, 5) is 10.8. The zero-order valence-corrected chi connectivity index (χ0v) is 8.09. The number of amides is 1. The summed E-state index contributed by atoms with van der Waals surface area (Å²) < 4.78 is 2.23.